The molecule has 0 aliphatic heterocycles. The average Bonchev–Trinajstić information content (AvgIpc) is 2.23. The Balaban J connectivity index is 4.16. The maximum atomic E-state index is 11.9. The van der Waals surface area contributed by atoms with Gasteiger partial charge in [0.2, 0.25) is 5.91 Å². The summed E-state index contributed by atoms with van der Waals surface area (Å²) in [5, 5.41) is 8.83. The van der Waals surface area contributed by atoms with Crippen LogP contribution in [-0.4, -0.2) is 42.2 Å². The molecule has 0 aromatic rings. The minimum Gasteiger partial charge on any atom is -0.395 e. The third-order valence-corrected chi connectivity index (χ3v) is 2.71. The number of nitrogens with zero attached hydrogens (tertiary/aromatic N) is 1. The fraction of sp³-hybridized carbons (Fsp3) is 0.917. The van der Waals surface area contributed by atoms with Gasteiger partial charge in [0.25, 0.3) is 0 Å². The third-order valence-electron chi connectivity index (χ3n) is 2.71. The number of rotatable bonds is 8. The molecule has 4 heteroatoms. The summed E-state index contributed by atoms with van der Waals surface area (Å²) in [6, 6.07) is 0. The number of aliphatic hydroxyl groups excluding tert-OH is 1. The molecule has 16 heavy (non-hydrogen) atoms. The molecular formula is C12H26N2O2. The Morgan fingerprint density at radius 3 is 2.44 bits per heavy atom. The maximum Gasteiger partial charge on any atom is 0.222 e. The predicted molar refractivity (Wildman–Crippen MR) is 66.0 cm³/mol. The van der Waals surface area contributed by atoms with Gasteiger partial charge in [0.1, 0.15) is 0 Å². The van der Waals surface area contributed by atoms with Crippen molar-refractivity contribution in [2.75, 3.05) is 26.2 Å². The van der Waals surface area contributed by atoms with E-state index in [1.54, 1.807) is 4.90 Å². The first kappa shape index (κ1) is 15.4. The first-order valence-corrected chi connectivity index (χ1v) is 6.13. The molecule has 0 saturated heterocycles. The van der Waals surface area contributed by atoms with Crippen molar-refractivity contribution in [3.63, 3.8) is 0 Å². The Hall–Kier alpha value is -0.610. The van der Waals surface area contributed by atoms with Crippen molar-refractivity contribution in [3.8, 4) is 0 Å². The van der Waals surface area contributed by atoms with Crippen molar-refractivity contribution < 1.29 is 9.90 Å². The van der Waals surface area contributed by atoms with Gasteiger partial charge in [-0.2, -0.15) is 0 Å². The summed E-state index contributed by atoms with van der Waals surface area (Å²) in [5.41, 5.74) is 5.66. The molecule has 0 saturated carbocycles. The summed E-state index contributed by atoms with van der Waals surface area (Å²) < 4.78 is 0. The Bertz CT molecular complexity index is 195. The first-order chi connectivity index (χ1) is 7.54. The molecule has 0 radical (unpaired) electrons. The molecule has 1 amide bonds. The quantitative estimate of drug-likeness (QED) is 0.649. The van der Waals surface area contributed by atoms with E-state index in [1.807, 2.05) is 6.92 Å². The third kappa shape index (κ3) is 6.08. The van der Waals surface area contributed by atoms with E-state index in [0.717, 1.165) is 6.42 Å². The van der Waals surface area contributed by atoms with Crippen molar-refractivity contribution in [1.29, 1.82) is 0 Å². The summed E-state index contributed by atoms with van der Waals surface area (Å²) in [6.07, 6.45) is 1.49. The molecule has 96 valence electrons. The second-order valence-electron chi connectivity index (χ2n) is 4.63. The Morgan fingerprint density at radius 2 is 2.06 bits per heavy atom. The summed E-state index contributed by atoms with van der Waals surface area (Å²) in [4.78, 5) is 13.6. The lowest BCUT2D eigenvalue weighted by Gasteiger charge is -2.23. The fourth-order valence-corrected chi connectivity index (χ4v) is 1.89. The van der Waals surface area contributed by atoms with Crippen molar-refractivity contribution in [1.82, 2.24) is 4.90 Å². The van der Waals surface area contributed by atoms with Crippen LogP contribution in [0.25, 0.3) is 0 Å². The molecular weight excluding hydrogens is 204 g/mol. The van der Waals surface area contributed by atoms with E-state index in [4.69, 9.17) is 10.8 Å². The van der Waals surface area contributed by atoms with Gasteiger partial charge in [-0.1, -0.05) is 13.8 Å². The van der Waals surface area contributed by atoms with Crippen LogP contribution < -0.4 is 5.73 Å². The van der Waals surface area contributed by atoms with Gasteiger partial charge >= 0.3 is 0 Å². The van der Waals surface area contributed by atoms with Gasteiger partial charge in [-0.3, -0.25) is 4.79 Å². The fourth-order valence-electron chi connectivity index (χ4n) is 1.89. The van der Waals surface area contributed by atoms with E-state index in [-0.39, 0.29) is 18.4 Å². The molecule has 0 aromatic carbocycles. The van der Waals surface area contributed by atoms with Gasteiger partial charge in [-0.25, -0.2) is 0 Å². The van der Waals surface area contributed by atoms with Gasteiger partial charge < -0.3 is 15.7 Å². The zero-order valence-electron chi connectivity index (χ0n) is 10.8. The van der Waals surface area contributed by atoms with Gasteiger partial charge in [0.15, 0.2) is 0 Å². The Labute approximate surface area is 98.8 Å². The largest absolute Gasteiger partial charge is 0.395 e. The van der Waals surface area contributed by atoms with Crippen LogP contribution in [0.15, 0.2) is 0 Å². The lowest BCUT2D eigenvalue weighted by Crippen LogP contribution is -2.35. The molecule has 1 atom stereocenters. The number of amides is 1. The molecule has 0 spiro atoms. The molecule has 0 aromatic heterocycles. The van der Waals surface area contributed by atoms with Crippen LogP contribution in [-0.2, 0) is 4.79 Å². The lowest BCUT2D eigenvalue weighted by molar-refractivity contribution is -0.132. The Kier molecular flexibility index (Phi) is 8.21. The topological polar surface area (TPSA) is 66.6 Å². The number of hydrogen-bond acceptors (Lipinski definition) is 3. The molecule has 0 aliphatic rings. The normalized spacial score (nSPS) is 12.9. The summed E-state index contributed by atoms with van der Waals surface area (Å²) in [6.45, 7) is 7.86. The van der Waals surface area contributed by atoms with Crippen molar-refractivity contribution in [3.05, 3.63) is 0 Å². The van der Waals surface area contributed by atoms with Crippen LogP contribution in [0.4, 0.5) is 0 Å². The highest BCUT2D eigenvalue weighted by atomic mass is 16.3. The Morgan fingerprint density at radius 1 is 1.44 bits per heavy atom. The number of carbonyl (C=O) groups is 1. The van der Waals surface area contributed by atoms with Gasteiger partial charge in [0, 0.05) is 19.5 Å². The molecule has 0 bridgehead atoms. The summed E-state index contributed by atoms with van der Waals surface area (Å²) in [5.74, 6) is 0.933. The zero-order chi connectivity index (χ0) is 12.6. The SMILES string of the molecule is CCN(CCO)C(=O)C[C@@H](CN)CC(C)C. The number of aliphatic hydroxyl groups is 1. The molecule has 0 heterocycles. The minimum absolute atomic E-state index is 0.0249. The first-order valence-electron chi connectivity index (χ1n) is 6.13. The molecule has 0 fully saturated rings. The van der Waals surface area contributed by atoms with Crippen molar-refractivity contribution in [2.24, 2.45) is 17.6 Å². The van der Waals surface area contributed by atoms with E-state index in [2.05, 4.69) is 13.8 Å². The second kappa shape index (κ2) is 8.53. The van der Waals surface area contributed by atoms with E-state index in [1.165, 1.54) is 0 Å². The van der Waals surface area contributed by atoms with Crippen LogP contribution in [0, 0.1) is 11.8 Å². The van der Waals surface area contributed by atoms with E-state index >= 15 is 0 Å². The van der Waals surface area contributed by atoms with Crippen LogP contribution in [0.1, 0.15) is 33.6 Å². The number of hydrogen-bond donors (Lipinski definition) is 2. The molecule has 0 aliphatic carbocycles. The van der Waals surface area contributed by atoms with Crippen LogP contribution in [0.2, 0.25) is 0 Å². The van der Waals surface area contributed by atoms with Crippen LogP contribution in [0.3, 0.4) is 0 Å². The summed E-state index contributed by atoms with van der Waals surface area (Å²) in [7, 11) is 0. The van der Waals surface area contributed by atoms with Gasteiger partial charge in [0.05, 0.1) is 6.61 Å². The standard InChI is InChI=1S/C12H26N2O2/c1-4-14(5-6-15)12(16)8-11(9-13)7-10(2)3/h10-11,15H,4-9,13H2,1-3H3/t11-/m0/s1. The summed E-state index contributed by atoms with van der Waals surface area (Å²) >= 11 is 0. The smallest absolute Gasteiger partial charge is 0.222 e. The van der Waals surface area contributed by atoms with Gasteiger partial charge in [-0.15, -0.1) is 0 Å². The van der Waals surface area contributed by atoms with E-state index < -0.39 is 0 Å². The van der Waals surface area contributed by atoms with Gasteiger partial charge in [-0.05, 0) is 31.7 Å². The maximum absolute atomic E-state index is 11.9. The highest BCUT2D eigenvalue weighted by molar-refractivity contribution is 5.76. The lowest BCUT2D eigenvalue weighted by atomic mass is 9.94. The van der Waals surface area contributed by atoms with E-state index in [9.17, 15) is 4.79 Å². The molecule has 4 nitrogen and oxygen atoms in total. The number of carbonyl (C=O) groups excluding carboxylic acids is 1. The molecule has 0 unspecified atom stereocenters. The second-order valence-corrected chi connectivity index (χ2v) is 4.63. The molecule has 3 N–H and O–H groups in total. The van der Waals surface area contributed by atoms with E-state index in [0.29, 0.717) is 32.0 Å². The van der Waals surface area contributed by atoms with Crippen molar-refractivity contribution >= 4 is 5.91 Å². The number of nitrogens with two attached hydrogens (primary N) is 1. The highest BCUT2D eigenvalue weighted by Gasteiger charge is 2.17. The van der Waals surface area contributed by atoms with Crippen molar-refractivity contribution in [2.45, 2.75) is 33.6 Å². The zero-order valence-corrected chi connectivity index (χ0v) is 10.8. The highest BCUT2D eigenvalue weighted by Crippen LogP contribution is 2.15. The monoisotopic (exact) mass is 230 g/mol. The minimum atomic E-state index is 0.0249. The predicted octanol–water partition coefficient (Wildman–Crippen LogP) is 0.838. The number of likely N-dealkylation sites (N-methyl/N-ethyl adjacent to an activating group) is 1. The average molecular weight is 230 g/mol. The molecule has 0 rings (SSSR count). The van der Waals surface area contributed by atoms with Crippen LogP contribution >= 0.6 is 0 Å². The van der Waals surface area contributed by atoms with Crippen LogP contribution in [0.5, 0.6) is 0 Å².